The summed E-state index contributed by atoms with van der Waals surface area (Å²) >= 11 is 0. The van der Waals surface area contributed by atoms with Crippen molar-refractivity contribution in [2.45, 2.75) is 46.5 Å². The van der Waals surface area contributed by atoms with Crippen LogP contribution in [-0.4, -0.2) is 31.4 Å². The summed E-state index contributed by atoms with van der Waals surface area (Å²) in [6.07, 6.45) is 4.05. The Hall–Kier alpha value is -2.04. The molecule has 2 N–H and O–H groups in total. The van der Waals surface area contributed by atoms with E-state index in [1.165, 1.54) is 18.5 Å². The molecule has 1 saturated heterocycles. The summed E-state index contributed by atoms with van der Waals surface area (Å²) in [5, 5.41) is 5.55. The Morgan fingerprint density at radius 1 is 1.12 bits per heavy atom. The molecule has 0 atom stereocenters. The lowest BCUT2D eigenvalue weighted by molar-refractivity contribution is -0.127. The zero-order valence-electron chi connectivity index (χ0n) is 15.7. The van der Waals surface area contributed by atoms with E-state index in [9.17, 15) is 9.59 Å². The highest BCUT2D eigenvalue weighted by Gasteiger charge is 2.16. The predicted octanol–water partition coefficient (Wildman–Crippen LogP) is 3.41. The number of carbonyl (C=O) groups is 2. The number of piperidine rings is 1. The molecule has 2 amide bonds. The van der Waals surface area contributed by atoms with Crippen LogP contribution in [0.4, 0.5) is 11.4 Å². The molecule has 0 spiro atoms. The van der Waals surface area contributed by atoms with Gasteiger partial charge in [0.25, 0.3) is 0 Å². The van der Waals surface area contributed by atoms with Crippen LogP contribution >= 0.6 is 0 Å². The molecule has 0 unspecified atom stereocenters. The third kappa shape index (κ3) is 5.76. The van der Waals surface area contributed by atoms with Gasteiger partial charge in [0.2, 0.25) is 11.8 Å². The van der Waals surface area contributed by atoms with E-state index in [0.29, 0.717) is 0 Å². The normalized spacial score (nSPS) is 15.3. The van der Waals surface area contributed by atoms with Gasteiger partial charge in [-0.1, -0.05) is 20.8 Å². The molecule has 0 saturated carbocycles. The molecule has 1 heterocycles. The SMILES string of the molecule is CCC(CC)C(=O)NCC(=O)Nc1ccc(N2CCC(C)CC2)cc1. The van der Waals surface area contributed by atoms with Crippen molar-refractivity contribution < 1.29 is 9.59 Å². The molecule has 1 aliphatic heterocycles. The van der Waals surface area contributed by atoms with Crippen molar-refractivity contribution in [2.75, 3.05) is 29.9 Å². The fourth-order valence-electron chi connectivity index (χ4n) is 3.20. The topological polar surface area (TPSA) is 61.4 Å². The minimum atomic E-state index is -0.196. The molecule has 1 fully saturated rings. The maximum Gasteiger partial charge on any atom is 0.243 e. The van der Waals surface area contributed by atoms with Gasteiger partial charge in [-0.15, -0.1) is 0 Å². The van der Waals surface area contributed by atoms with Gasteiger partial charge in [0.1, 0.15) is 0 Å². The van der Waals surface area contributed by atoms with Gasteiger partial charge in [-0.3, -0.25) is 9.59 Å². The molecule has 25 heavy (non-hydrogen) atoms. The Kier molecular flexibility index (Phi) is 7.29. The number of anilines is 2. The van der Waals surface area contributed by atoms with Gasteiger partial charge >= 0.3 is 0 Å². The maximum absolute atomic E-state index is 12.0. The van der Waals surface area contributed by atoms with Crippen molar-refractivity contribution in [3.8, 4) is 0 Å². The van der Waals surface area contributed by atoms with Gasteiger partial charge in [0, 0.05) is 30.4 Å². The van der Waals surface area contributed by atoms with Gasteiger partial charge in [-0.2, -0.15) is 0 Å². The average molecular weight is 345 g/mol. The quantitative estimate of drug-likeness (QED) is 0.796. The van der Waals surface area contributed by atoms with Crippen molar-refractivity contribution in [1.29, 1.82) is 0 Å². The molecule has 2 rings (SSSR count). The van der Waals surface area contributed by atoms with Crippen LogP contribution in [0, 0.1) is 11.8 Å². The van der Waals surface area contributed by atoms with E-state index < -0.39 is 0 Å². The van der Waals surface area contributed by atoms with Gasteiger partial charge in [-0.25, -0.2) is 0 Å². The molecule has 0 aromatic heterocycles. The van der Waals surface area contributed by atoms with E-state index in [2.05, 4.69) is 22.5 Å². The Balaban J connectivity index is 1.80. The van der Waals surface area contributed by atoms with Crippen molar-refractivity contribution in [2.24, 2.45) is 11.8 Å². The summed E-state index contributed by atoms with van der Waals surface area (Å²) in [5.74, 6) is 0.554. The molecule has 1 aliphatic rings. The Bertz CT molecular complexity index is 559. The minimum Gasteiger partial charge on any atom is -0.372 e. The number of hydrogen-bond donors (Lipinski definition) is 2. The number of amides is 2. The van der Waals surface area contributed by atoms with Crippen LogP contribution < -0.4 is 15.5 Å². The monoisotopic (exact) mass is 345 g/mol. The second-order valence-corrected chi connectivity index (χ2v) is 7.00. The molecule has 0 bridgehead atoms. The van der Waals surface area contributed by atoms with Gasteiger partial charge in [0.05, 0.1) is 6.54 Å². The second-order valence-electron chi connectivity index (χ2n) is 7.00. The number of carbonyl (C=O) groups excluding carboxylic acids is 2. The van der Waals surface area contributed by atoms with Crippen LogP contribution in [0.15, 0.2) is 24.3 Å². The van der Waals surface area contributed by atoms with Gasteiger partial charge in [-0.05, 0) is 55.9 Å². The van der Waals surface area contributed by atoms with E-state index in [4.69, 9.17) is 0 Å². The molecule has 5 heteroatoms. The van der Waals surface area contributed by atoms with Crippen molar-refractivity contribution >= 4 is 23.2 Å². The fraction of sp³-hybridized carbons (Fsp3) is 0.600. The molecule has 1 aromatic rings. The summed E-state index contributed by atoms with van der Waals surface area (Å²) < 4.78 is 0. The zero-order chi connectivity index (χ0) is 18.2. The third-order valence-corrected chi connectivity index (χ3v) is 5.08. The molecular formula is C20H31N3O2. The van der Waals surface area contributed by atoms with E-state index in [1.807, 2.05) is 38.1 Å². The first kappa shape index (κ1) is 19.3. The molecule has 0 radical (unpaired) electrons. The lowest BCUT2D eigenvalue weighted by atomic mass is 9.99. The number of nitrogens with zero attached hydrogens (tertiary/aromatic N) is 1. The van der Waals surface area contributed by atoms with Crippen molar-refractivity contribution in [3.05, 3.63) is 24.3 Å². The highest BCUT2D eigenvalue weighted by atomic mass is 16.2. The van der Waals surface area contributed by atoms with E-state index in [-0.39, 0.29) is 24.3 Å². The Morgan fingerprint density at radius 2 is 1.72 bits per heavy atom. The molecule has 1 aromatic carbocycles. The number of hydrogen-bond acceptors (Lipinski definition) is 3. The lowest BCUT2D eigenvalue weighted by Gasteiger charge is -2.32. The van der Waals surface area contributed by atoms with Crippen LogP contribution in [0.2, 0.25) is 0 Å². The van der Waals surface area contributed by atoms with Crippen LogP contribution in [-0.2, 0) is 9.59 Å². The first-order valence-corrected chi connectivity index (χ1v) is 9.46. The molecule has 5 nitrogen and oxygen atoms in total. The first-order valence-electron chi connectivity index (χ1n) is 9.46. The predicted molar refractivity (Wildman–Crippen MR) is 103 cm³/mol. The summed E-state index contributed by atoms with van der Waals surface area (Å²) in [7, 11) is 0. The van der Waals surface area contributed by atoms with Crippen LogP contribution in [0.25, 0.3) is 0 Å². The standard InChI is InChI=1S/C20H31N3O2/c1-4-16(5-2)20(25)21-14-19(24)22-17-6-8-18(9-7-17)23-12-10-15(3)11-13-23/h6-9,15-16H,4-5,10-14H2,1-3H3,(H,21,25)(H,22,24). The lowest BCUT2D eigenvalue weighted by Crippen LogP contribution is -2.36. The second kappa shape index (κ2) is 9.44. The third-order valence-electron chi connectivity index (χ3n) is 5.08. The summed E-state index contributed by atoms with van der Waals surface area (Å²) in [6, 6.07) is 7.95. The average Bonchev–Trinajstić information content (AvgIpc) is 2.62. The van der Waals surface area contributed by atoms with Crippen molar-refractivity contribution in [1.82, 2.24) is 5.32 Å². The van der Waals surface area contributed by atoms with Crippen LogP contribution in [0.5, 0.6) is 0 Å². The van der Waals surface area contributed by atoms with E-state index >= 15 is 0 Å². The summed E-state index contributed by atoms with van der Waals surface area (Å²) in [6.45, 7) is 8.47. The number of rotatable bonds is 7. The molecule has 0 aliphatic carbocycles. The Labute approximate surface area is 151 Å². The van der Waals surface area contributed by atoms with Gasteiger partial charge in [0.15, 0.2) is 0 Å². The largest absolute Gasteiger partial charge is 0.372 e. The number of nitrogens with one attached hydrogen (secondary N) is 2. The van der Waals surface area contributed by atoms with E-state index in [0.717, 1.165) is 37.5 Å². The summed E-state index contributed by atoms with van der Waals surface area (Å²) in [5.41, 5.74) is 1.96. The fourth-order valence-corrected chi connectivity index (χ4v) is 3.20. The summed E-state index contributed by atoms with van der Waals surface area (Å²) in [4.78, 5) is 26.3. The molecular weight excluding hydrogens is 314 g/mol. The zero-order valence-corrected chi connectivity index (χ0v) is 15.7. The maximum atomic E-state index is 12.0. The first-order chi connectivity index (χ1) is 12.0. The highest BCUT2D eigenvalue weighted by Crippen LogP contribution is 2.24. The highest BCUT2D eigenvalue weighted by molar-refractivity contribution is 5.94. The smallest absolute Gasteiger partial charge is 0.243 e. The van der Waals surface area contributed by atoms with Gasteiger partial charge < -0.3 is 15.5 Å². The number of benzene rings is 1. The van der Waals surface area contributed by atoms with Crippen molar-refractivity contribution in [3.63, 3.8) is 0 Å². The van der Waals surface area contributed by atoms with Crippen LogP contribution in [0.3, 0.4) is 0 Å². The minimum absolute atomic E-state index is 0.0145. The van der Waals surface area contributed by atoms with Crippen LogP contribution in [0.1, 0.15) is 46.5 Å². The van der Waals surface area contributed by atoms with E-state index in [1.54, 1.807) is 0 Å². The Morgan fingerprint density at radius 3 is 2.28 bits per heavy atom. The molecule has 138 valence electrons.